The van der Waals surface area contributed by atoms with E-state index in [2.05, 4.69) is 10.3 Å². The van der Waals surface area contributed by atoms with Gasteiger partial charge in [0, 0.05) is 18.0 Å². The van der Waals surface area contributed by atoms with Crippen molar-refractivity contribution in [2.24, 2.45) is 0 Å². The van der Waals surface area contributed by atoms with Crippen LogP contribution in [0.2, 0.25) is 5.02 Å². The average Bonchev–Trinajstić information content (AvgIpc) is 2.33. The number of aromatic amines is 1. The third-order valence-electron chi connectivity index (χ3n) is 2.48. The minimum atomic E-state index is -0.645. The van der Waals surface area contributed by atoms with E-state index in [4.69, 9.17) is 11.6 Å². The lowest BCUT2D eigenvalue weighted by molar-refractivity contribution is 0.102. The zero-order chi connectivity index (χ0) is 14.0. The van der Waals surface area contributed by atoms with Crippen molar-refractivity contribution in [3.05, 3.63) is 62.8 Å². The largest absolute Gasteiger partial charge is 0.364 e. The average molecular weight is 281 g/mol. The molecule has 0 radical (unpaired) electrons. The van der Waals surface area contributed by atoms with Crippen LogP contribution in [-0.4, -0.2) is 10.9 Å². The van der Waals surface area contributed by atoms with Gasteiger partial charge in [-0.3, -0.25) is 9.59 Å². The molecule has 1 heterocycles. The van der Waals surface area contributed by atoms with Crippen molar-refractivity contribution >= 4 is 23.2 Å². The van der Waals surface area contributed by atoms with Gasteiger partial charge >= 0.3 is 0 Å². The molecular weight excluding hydrogens is 271 g/mol. The Morgan fingerprint density at radius 1 is 1.37 bits per heavy atom. The first-order chi connectivity index (χ1) is 8.97. The van der Waals surface area contributed by atoms with Crippen molar-refractivity contribution in [3.8, 4) is 0 Å². The zero-order valence-corrected chi connectivity index (χ0v) is 10.7. The van der Waals surface area contributed by atoms with E-state index >= 15 is 0 Å². The number of halogens is 2. The number of nitrogens with one attached hydrogen (secondary N) is 2. The molecule has 1 aromatic carbocycles. The predicted octanol–water partition coefficient (Wildman–Crippen LogP) is 2.73. The van der Waals surface area contributed by atoms with Crippen LogP contribution in [0.3, 0.4) is 0 Å². The third kappa shape index (κ3) is 3.00. The van der Waals surface area contributed by atoms with E-state index in [0.717, 1.165) is 6.07 Å². The Morgan fingerprint density at radius 3 is 2.79 bits per heavy atom. The van der Waals surface area contributed by atoms with Crippen LogP contribution in [0.4, 0.5) is 10.1 Å². The van der Waals surface area contributed by atoms with Gasteiger partial charge in [0.15, 0.2) is 5.43 Å². The third-order valence-corrected chi connectivity index (χ3v) is 2.81. The summed E-state index contributed by atoms with van der Waals surface area (Å²) in [6.45, 7) is 1.70. The molecule has 0 aliphatic heterocycles. The van der Waals surface area contributed by atoms with Crippen molar-refractivity contribution in [2.45, 2.75) is 6.92 Å². The van der Waals surface area contributed by atoms with Gasteiger partial charge in [-0.15, -0.1) is 0 Å². The van der Waals surface area contributed by atoms with Crippen LogP contribution in [0.15, 0.2) is 35.3 Å². The van der Waals surface area contributed by atoms with Crippen molar-refractivity contribution < 1.29 is 9.18 Å². The van der Waals surface area contributed by atoms with Crippen LogP contribution < -0.4 is 10.7 Å². The number of carbonyl (C=O) groups excluding carboxylic acids is 1. The second-order valence-corrected chi connectivity index (χ2v) is 4.38. The lowest BCUT2D eigenvalue weighted by atomic mass is 10.2. The summed E-state index contributed by atoms with van der Waals surface area (Å²) in [5, 5.41) is 2.59. The fourth-order valence-electron chi connectivity index (χ4n) is 1.53. The molecule has 1 amide bonds. The van der Waals surface area contributed by atoms with Crippen LogP contribution in [0, 0.1) is 12.7 Å². The summed E-state index contributed by atoms with van der Waals surface area (Å²) in [5.74, 6) is -1.17. The number of pyridine rings is 1. The van der Waals surface area contributed by atoms with Crippen molar-refractivity contribution in [1.29, 1.82) is 0 Å². The predicted molar refractivity (Wildman–Crippen MR) is 71.2 cm³/mol. The zero-order valence-electron chi connectivity index (χ0n) is 9.96. The van der Waals surface area contributed by atoms with Gasteiger partial charge in [0.1, 0.15) is 11.4 Å². The van der Waals surface area contributed by atoms with Gasteiger partial charge in [0.05, 0.1) is 10.7 Å². The molecule has 0 fully saturated rings. The minimum Gasteiger partial charge on any atom is -0.364 e. The lowest BCUT2D eigenvalue weighted by Gasteiger charge is -2.07. The molecule has 4 nitrogen and oxygen atoms in total. The van der Waals surface area contributed by atoms with Gasteiger partial charge < -0.3 is 10.3 Å². The Kier molecular flexibility index (Phi) is 3.66. The van der Waals surface area contributed by atoms with Crippen LogP contribution >= 0.6 is 11.6 Å². The fraction of sp³-hybridized carbons (Fsp3) is 0.0769. The van der Waals surface area contributed by atoms with E-state index in [-0.39, 0.29) is 16.3 Å². The summed E-state index contributed by atoms with van der Waals surface area (Å²) in [7, 11) is 0. The van der Waals surface area contributed by atoms with E-state index < -0.39 is 17.2 Å². The van der Waals surface area contributed by atoms with E-state index in [9.17, 15) is 14.0 Å². The first-order valence-electron chi connectivity index (χ1n) is 5.43. The van der Waals surface area contributed by atoms with Crippen LogP contribution in [0.1, 0.15) is 16.1 Å². The SMILES string of the molecule is Cc1cc(=O)c(C(=O)Nc2cc(F)ccc2Cl)c[nH]1. The molecule has 0 saturated carbocycles. The highest BCUT2D eigenvalue weighted by atomic mass is 35.5. The monoisotopic (exact) mass is 280 g/mol. The molecule has 6 heteroatoms. The number of anilines is 1. The molecule has 98 valence electrons. The number of hydrogen-bond donors (Lipinski definition) is 2. The summed E-state index contributed by atoms with van der Waals surface area (Å²) in [6, 6.07) is 4.90. The number of H-pyrrole nitrogens is 1. The molecule has 0 saturated heterocycles. The van der Waals surface area contributed by atoms with Crippen LogP contribution in [-0.2, 0) is 0 Å². The van der Waals surface area contributed by atoms with Gasteiger partial charge in [-0.1, -0.05) is 11.6 Å². The second kappa shape index (κ2) is 5.24. The maximum absolute atomic E-state index is 13.1. The standard InChI is InChI=1S/C13H10ClFN2O2/c1-7-4-12(18)9(6-16-7)13(19)17-11-5-8(15)2-3-10(11)14/h2-6H,1H3,(H,16,18)(H,17,19). The minimum absolute atomic E-state index is 0.0640. The molecule has 0 bridgehead atoms. The maximum Gasteiger partial charge on any atom is 0.261 e. The molecule has 0 aliphatic rings. The van der Waals surface area contributed by atoms with E-state index in [1.54, 1.807) is 6.92 Å². The summed E-state index contributed by atoms with van der Waals surface area (Å²) < 4.78 is 13.1. The highest BCUT2D eigenvalue weighted by Crippen LogP contribution is 2.22. The summed E-state index contributed by atoms with van der Waals surface area (Å²) >= 11 is 5.83. The molecule has 2 aromatic rings. The van der Waals surface area contributed by atoms with E-state index in [0.29, 0.717) is 5.69 Å². The number of rotatable bonds is 2. The van der Waals surface area contributed by atoms with Crippen LogP contribution in [0.5, 0.6) is 0 Å². The lowest BCUT2D eigenvalue weighted by Crippen LogP contribution is -2.21. The molecule has 0 unspecified atom stereocenters. The number of carbonyl (C=O) groups is 1. The second-order valence-electron chi connectivity index (χ2n) is 3.97. The number of aryl methyl sites for hydroxylation is 1. The van der Waals surface area contributed by atoms with E-state index in [1.165, 1.54) is 24.4 Å². The molecular formula is C13H10ClFN2O2. The Balaban J connectivity index is 2.31. The first kappa shape index (κ1) is 13.3. The highest BCUT2D eigenvalue weighted by molar-refractivity contribution is 6.33. The molecule has 0 aliphatic carbocycles. The van der Waals surface area contributed by atoms with Crippen molar-refractivity contribution in [3.63, 3.8) is 0 Å². The quantitative estimate of drug-likeness (QED) is 0.888. The number of hydrogen-bond acceptors (Lipinski definition) is 2. The van der Waals surface area contributed by atoms with E-state index in [1.807, 2.05) is 0 Å². The summed E-state index contributed by atoms with van der Waals surface area (Å²) in [4.78, 5) is 26.3. The Bertz CT molecular complexity index is 697. The van der Waals surface area contributed by atoms with Crippen LogP contribution in [0.25, 0.3) is 0 Å². The van der Waals surface area contributed by atoms with Gasteiger partial charge in [0.25, 0.3) is 5.91 Å². The summed E-state index contributed by atoms with van der Waals surface area (Å²) in [5.41, 5.74) is 0.282. The first-order valence-corrected chi connectivity index (χ1v) is 5.81. The maximum atomic E-state index is 13.1. The topological polar surface area (TPSA) is 62.0 Å². The number of amides is 1. The Labute approximate surface area is 113 Å². The van der Waals surface area contributed by atoms with Gasteiger partial charge in [-0.2, -0.15) is 0 Å². The highest BCUT2D eigenvalue weighted by Gasteiger charge is 2.12. The molecule has 2 N–H and O–H groups in total. The fourth-order valence-corrected chi connectivity index (χ4v) is 1.70. The smallest absolute Gasteiger partial charge is 0.261 e. The summed E-state index contributed by atoms with van der Waals surface area (Å²) in [6.07, 6.45) is 1.31. The molecule has 2 rings (SSSR count). The van der Waals surface area contributed by atoms with Crippen molar-refractivity contribution in [1.82, 2.24) is 4.98 Å². The molecule has 0 atom stereocenters. The Hall–Kier alpha value is -2.14. The Morgan fingerprint density at radius 2 is 2.11 bits per heavy atom. The molecule has 0 spiro atoms. The number of aromatic nitrogens is 1. The molecule has 19 heavy (non-hydrogen) atoms. The van der Waals surface area contributed by atoms with Gasteiger partial charge in [-0.25, -0.2) is 4.39 Å². The normalized spacial score (nSPS) is 10.3. The molecule has 1 aromatic heterocycles. The van der Waals surface area contributed by atoms with Crippen molar-refractivity contribution in [2.75, 3.05) is 5.32 Å². The van der Waals surface area contributed by atoms with Gasteiger partial charge in [-0.05, 0) is 25.1 Å². The van der Waals surface area contributed by atoms with Gasteiger partial charge in [0.2, 0.25) is 0 Å². The number of benzene rings is 1.